The van der Waals surface area contributed by atoms with Gasteiger partial charge in [0.15, 0.2) is 12.4 Å². The first kappa shape index (κ1) is 21.3. The van der Waals surface area contributed by atoms with Gasteiger partial charge in [-0.2, -0.15) is 0 Å². The van der Waals surface area contributed by atoms with E-state index in [1.807, 2.05) is 24.3 Å². The maximum absolute atomic E-state index is 12.8. The maximum atomic E-state index is 12.8. The molecule has 0 saturated carbocycles. The zero-order chi connectivity index (χ0) is 20.5. The highest BCUT2D eigenvalue weighted by atomic mass is 19.1. The van der Waals surface area contributed by atoms with Crippen molar-refractivity contribution >= 4 is 23.3 Å². The average molecular weight is 385 g/mol. The second-order valence-corrected chi connectivity index (χ2v) is 6.57. The zero-order valence-electron chi connectivity index (χ0n) is 16.0. The molecule has 1 atom stereocenters. The molecule has 6 heteroatoms. The number of anilines is 1. The molecule has 0 aliphatic carbocycles. The first-order chi connectivity index (χ1) is 13.4. The van der Waals surface area contributed by atoms with Gasteiger partial charge in [0, 0.05) is 17.7 Å². The first-order valence-electron chi connectivity index (χ1n) is 9.23. The van der Waals surface area contributed by atoms with Gasteiger partial charge in [0.1, 0.15) is 5.82 Å². The van der Waals surface area contributed by atoms with Crippen molar-refractivity contribution in [1.29, 1.82) is 0 Å². The predicted molar refractivity (Wildman–Crippen MR) is 105 cm³/mol. The van der Waals surface area contributed by atoms with Gasteiger partial charge in [0.25, 0.3) is 5.91 Å². The van der Waals surface area contributed by atoms with Gasteiger partial charge in [0.2, 0.25) is 0 Å². The SMILES string of the molecule is CC[C@@H](C)c1ccc(NC(=O)COC(=O)CCC(=O)c2ccc(F)cc2)cc1. The molecule has 148 valence electrons. The second kappa shape index (κ2) is 10.3. The van der Waals surface area contributed by atoms with Gasteiger partial charge in [-0.05, 0) is 54.3 Å². The molecule has 2 aromatic carbocycles. The number of carbonyl (C=O) groups excluding carboxylic acids is 3. The Balaban J connectivity index is 1.72. The Morgan fingerprint density at radius 1 is 1.00 bits per heavy atom. The molecule has 0 radical (unpaired) electrons. The molecule has 2 aromatic rings. The lowest BCUT2D eigenvalue weighted by molar-refractivity contribution is -0.147. The number of ether oxygens (including phenoxy) is 1. The Hall–Kier alpha value is -3.02. The molecule has 0 fully saturated rings. The number of carbonyl (C=O) groups is 3. The summed E-state index contributed by atoms with van der Waals surface area (Å²) < 4.78 is 17.7. The molecule has 0 spiro atoms. The minimum Gasteiger partial charge on any atom is -0.456 e. The summed E-state index contributed by atoms with van der Waals surface area (Å²) in [6.45, 7) is 3.83. The van der Waals surface area contributed by atoms with Gasteiger partial charge in [-0.1, -0.05) is 26.0 Å². The molecule has 0 aromatic heterocycles. The van der Waals surface area contributed by atoms with Crippen molar-refractivity contribution in [2.75, 3.05) is 11.9 Å². The molecule has 2 rings (SSSR count). The highest BCUT2D eigenvalue weighted by Crippen LogP contribution is 2.20. The van der Waals surface area contributed by atoms with Crippen molar-refractivity contribution in [2.24, 2.45) is 0 Å². The average Bonchev–Trinajstić information content (AvgIpc) is 2.71. The molecule has 0 aliphatic rings. The van der Waals surface area contributed by atoms with E-state index >= 15 is 0 Å². The lowest BCUT2D eigenvalue weighted by Crippen LogP contribution is -2.21. The Bertz CT molecular complexity index is 815. The maximum Gasteiger partial charge on any atom is 0.306 e. The van der Waals surface area contributed by atoms with E-state index < -0.39 is 24.3 Å². The summed E-state index contributed by atoms with van der Waals surface area (Å²) in [7, 11) is 0. The van der Waals surface area contributed by atoms with E-state index in [1.165, 1.54) is 29.8 Å². The smallest absolute Gasteiger partial charge is 0.306 e. The zero-order valence-corrected chi connectivity index (χ0v) is 16.0. The summed E-state index contributed by atoms with van der Waals surface area (Å²) in [6.07, 6.45) is 0.821. The molecule has 1 N–H and O–H groups in total. The van der Waals surface area contributed by atoms with Crippen LogP contribution < -0.4 is 5.32 Å². The first-order valence-corrected chi connectivity index (χ1v) is 9.23. The lowest BCUT2D eigenvalue weighted by Gasteiger charge is -2.10. The molecular weight excluding hydrogens is 361 g/mol. The number of hydrogen-bond donors (Lipinski definition) is 1. The molecule has 28 heavy (non-hydrogen) atoms. The number of nitrogens with one attached hydrogen (secondary N) is 1. The van der Waals surface area contributed by atoms with Crippen LogP contribution in [0.4, 0.5) is 10.1 Å². The topological polar surface area (TPSA) is 72.5 Å². The summed E-state index contributed by atoms with van der Waals surface area (Å²) in [6, 6.07) is 12.6. The van der Waals surface area contributed by atoms with Gasteiger partial charge < -0.3 is 10.1 Å². The third kappa shape index (κ3) is 6.61. The highest BCUT2D eigenvalue weighted by Gasteiger charge is 2.12. The van der Waals surface area contributed by atoms with Crippen LogP contribution in [0.1, 0.15) is 54.9 Å². The lowest BCUT2D eigenvalue weighted by atomic mass is 9.99. The molecule has 0 unspecified atom stereocenters. The fraction of sp³-hybridized carbons (Fsp3) is 0.318. The van der Waals surface area contributed by atoms with Gasteiger partial charge in [-0.15, -0.1) is 0 Å². The van der Waals surface area contributed by atoms with Crippen molar-refractivity contribution in [3.05, 3.63) is 65.5 Å². The molecule has 5 nitrogen and oxygen atoms in total. The second-order valence-electron chi connectivity index (χ2n) is 6.57. The Labute approximate surface area is 163 Å². The Morgan fingerprint density at radius 2 is 1.64 bits per heavy atom. The van der Waals surface area contributed by atoms with Crippen molar-refractivity contribution < 1.29 is 23.5 Å². The van der Waals surface area contributed by atoms with E-state index in [2.05, 4.69) is 19.2 Å². The van der Waals surface area contributed by atoms with E-state index in [0.29, 0.717) is 17.2 Å². The van der Waals surface area contributed by atoms with Crippen molar-refractivity contribution in [3.63, 3.8) is 0 Å². The van der Waals surface area contributed by atoms with Gasteiger partial charge in [-0.3, -0.25) is 14.4 Å². The molecular formula is C22H24FNO4. The summed E-state index contributed by atoms with van der Waals surface area (Å²) >= 11 is 0. The summed E-state index contributed by atoms with van der Waals surface area (Å²) in [4.78, 5) is 35.5. The van der Waals surface area contributed by atoms with Crippen LogP contribution in [0, 0.1) is 5.82 Å². The third-order valence-electron chi connectivity index (χ3n) is 4.46. The van der Waals surface area contributed by atoms with Crippen LogP contribution in [0.25, 0.3) is 0 Å². The number of halogens is 1. The summed E-state index contributed by atoms with van der Waals surface area (Å²) in [5, 5.41) is 2.66. The van der Waals surface area contributed by atoms with Crippen molar-refractivity contribution in [1.82, 2.24) is 0 Å². The fourth-order valence-corrected chi connectivity index (χ4v) is 2.54. The van der Waals surface area contributed by atoms with Crippen LogP contribution in [0.3, 0.4) is 0 Å². The number of esters is 1. The van der Waals surface area contributed by atoms with E-state index in [9.17, 15) is 18.8 Å². The summed E-state index contributed by atoms with van der Waals surface area (Å²) in [5.41, 5.74) is 2.14. The standard InChI is InChI=1S/C22H24FNO4/c1-3-15(2)16-6-10-19(11-7-16)24-21(26)14-28-22(27)13-12-20(25)17-4-8-18(23)9-5-17/h4-11,15H,3,12-14H2,1-2H3,(H,24,26)/t15-/m1/s1. The molecule has 1 amide bonds. The van der Waals surface area contributed by atoms with E-state index in [4.69, 9.17) is 4.74 Å². The molecule has 0 saturated heterocycles. The fourth-order valence-electron chi connectivity index (χ4n) is 2.54. The Morgan fingerprint density at radius 3 is 2.25 bits per heavy atom. The quantitative estimate of drug-likeness (QED) is 0.510. The van der Waals surface area contributed by atoms with Crippen LogP contribution in [0.15, 0.2) is 48.5 Å². The van der Waals surface area contributed by atoms with Crippen molar-refractivity contribution in [3.8, 4) is 0 Å². The number of Topliss-reactive ketones (excluding diaryl/α,β-unsaturated/α-hetero) is 1. The predicted octanol–water partition coefficient (Wildman–Crippen LogP) is 4.48. The van der Waals surface area contributed by atoms with Crippen LogP contribution in [-0.2, 0) is 14.3 Å². The number of ketones is 1. The minimum absolute atomic E-state index is 0.0663. The van der Waals surface area contributed by atoms with Gasteiger partial charge in [-0.25, -0.2) is 4.39 Å². The van der Waals surface area contributed by atoms with Crippen LogP contribution in [-0.4, -0.2) is 24.3 Å². The molecule has 0 heterocycles. The normalized spacial score (nSPS) is 11.5. The number of rotatable bonds is 9. The Kier molecular flexibility index (Phi) is 7.87. The van der Waals surface area contributed by atoms with E-state index in [0.717, 1.165) is 6.42 Å². The van der Waals surface area contributed by atoms with Gasteiger partial charge in [0.05, 0.1) is 6.42 Å². The van der Waals surface area contributed by atoms with E-state index in [1.54, 1.807) is 0 Å². The monoisotopic (exact) mass is 385 g/mol. The third-order valence-corrected chi connectivity index (χ3v) is 4.46. The largest absolute Gasteiger partial charge is 0.456 e. The van der Waals surface area contributed by atoms with Crippen molar-refractivity contribution in [2.45, 2.75) is 39.0 Å². The van der Waals surface area contributed by atoms with Crippen LogP contribution >= 0.6 is 0 Å². The highest BCUT2D eigenvalue weighted by molar-refractivity contribution is 5.98. The molecule has 0 aliphatic heterocycles. The summed E-state index contributed by atoms with van der Waals surface area (Å²) in [5.74, 6) is -1.37. The molecule has 0 bridgehead atoms. The van der Waals surface area contributed by atoms with Crippen LogP contribution in [0.2, 0.25) is 0 Å². The minimum atomic E-state index is -0.641. The van der Waals surface area contributed by atoms with Crippen LogP contribution in [0.5, 0.6) is 0 Å². The van der Waals surface area contributed by atoms with Gasteiger partial charge >= 0.3 is 5.97 Å². The number of hydrogen-bond acceptors (Lipinski definition) is 4. The van der Waals surface area contributed by atoms with E-state index in [-0.39, 0.29) is 18.6 Å². The number of benzene rings is 2. The number of amides is 1.